The van der Waals surface area contributed by atoms with E-state index >= 15 is 0 Å². The number of hydrogen-bond acceptors (Lipinski definition) is 1. The first kappa shape index (κ1) is 9.76. The Hall–Kier alpha value is -1.33. The minimum Gasteiger partial charge on any atom is -0.206 e. The van der Waals surface area contributed by atoms with Crippen LogP contribution in [0.1, 0.15) is 11.1 Å². The molecule has 0 aromatic heterocycles. The third kappa shape index (κ3) is 2.30. The highest BCUT2D eigenvalue weighted by Crippen LogP contribution is 2.22. The van der Waals surface area contributed by atoms with E-state index in [0.717, 1.165) is 11.6 Å². The highest BCUT2D eigenvalue weighted by Gasteiger charge is 2.05. The molecule has 0 amide bonds. The average Bonchev–Trinajstić information content (AvgIpc) is 2.09. The van der Waals surface area contributed by atoms with Crippen LogP contribution in [-0.4, -0.2) is 0 Å². The second-order valence-corrected chi connectivity index (χ2v) is 3.01. The van der Waals surface area contributed by atoms with Crippen LogP contribution in [0.3, 0.4) is 0 Å². The van der Waals surface area contributed by atoms with Crippen molar-refractivity contribution in [2.24, 2.45) is 0 Å². The third-order valence-electron chi connectivity index (χ3n) is 1.57. The summed E-state index contributed by atoms with van der Waals surface area (Å²) in [4.78, 5) is 0. The number of nitriles is 1. The van der Waals surface area contributed by atoms with E-state index in [9.17, 15) is 4.39 Å². The minimum atomic E-state index is -0.415. The predicted molar refractivity (Wildman–Crippen MR) is 50.6 cm³/mol. The molecule has 0 unspecified atom stereocenters. The number of nitrogens with zero attached hydrogens (tertiary/aromatic N) is 1. The van der Waals surface area contributed by atoms with Crippen LogP contribution in [0.5, 0.6) is 0 Å². The highest BCUT2D eigenvalue weighted by molar-refractivity contribution is 6.49. The van der Waals surface area contributed by atoms with Gasteiger partial charge in [0.15, 0.2) is 0 Å². The molecular formula is C10H7ClFN. The van der Waals surface area contributed by atoms with Crippen LogP contribution in [0, 0.1) is 24.1 Å². The van der Waals surface area contributed by atoms with Gasteiger partial charge in [-0.1, -0.05) is 23.2 Å². The Kier molecular flexibility index (Phi) is 3.05. The number of halogens is 2. The number of hydrogen-bond donors (Lipinski definition) is 0. The maximum Gasteiger partial charge on any atom is 0.131 e. The van der Waals surface area contributed by atoms with Gasteiger partial charge in [0.2, 0.25) is 0 Å². The molecule has 0 spiro atoms. The molecule has 1 nitrogen and oxygen atoms in total. The van der Waals surface area contributed by atoms with Crippen LogP contribution in [-0.2, 0) is 0 Å². The average molecular weight is 196 g/mol. The van der Waals surface area contributed by atoms with E-state index < -0.39 is 5.82 Å². The van der Waals surface area contributed by atoms with Crippen molar-refractivity contribution < 1.29 is 4.39 Å². The molecule has 0 atom stereocenters. The van der Waals surface area contributed by atoms with Gasteiger partial charge in [0.05, 0.1) is 11.1 Å². The maximum absolute atomic E-state index is 13.1. The van der Waals surface area contributed by atoms with E-state index in [0.29, 0.717) is 0 Å². The smallest absolute Gasteiger partial charge is 0.131 e. The lowest BCUT2D eigenvalue weighted by molar-refractivity contribution is 0.624. The maximum atomic E-state index is 13.1. The monoisotopic (exact) mass is 195 g/mol. The van der Waals surface area contributed by atoms with Gasteiger partial charge in [-0.15, -0.1) is 0 Å². The van der Waals surface area contributed by atoms with E-state index in [1.807, 2.05) is 6.92 Å². The molecule has 0 aliphatic heterocycles. The quantitative estimate of drug-likeness (QED) is 0.631. The van der Waals surface area contributed by atoms with Crippen LogP contribution in [0.2, 0.25) is 0 Å². The van der Waals surface area contributed by atoms with E-state index in [4.69, 9.17) is 16.9 Å². The van der Waals surface area contributed by atoms with E-state index in [1.165, 1.54) is 6.07 Å². The first-order chi connectivity index (χ1) is 6.15. The summed E-state index contributed by atoms with van der Waals surface area (Å²) in [6, 6.07) is 6.33. The number of allylic oxidation sites excluding steroid dienone is 1. The molecule has 0 heterocycles. The van der Waals surface area contributed by atoms with Crippen molar-refractivity contribution in [2.75, 3.05) is 0 Å². The normalized spacial score (nSPS) is 11.1. The summed E-state index contributed by atoms with van der Waals surface area (Å²) in [6.07, 6.45) is 1.11. The first-order valence-corrected chi connectivity index (χ1v) is 4.04. The molecule has 0 aliphatic rings. The summed E-state index contributed by atoms with van der Waals surface area (Å²) >= 11 is 5.68. The van der Waals surface area contributed by atoms with Crippen LogP contribution in [0.15, 0.2) is 24.3 Å². The molecule has 66 valence electrons. The lowest BCUT2D eigenvalue weighted by atomic mass is 10.1. The molecule has 3 heteroatoms. The fourth-order valence-electron chi connectivity index (χ4n) is 0.957. The molecule has 0 N–H and O–H groups in total. The zero-order valence-corrected chi connectivity index (χ0v) is 7.77. The van der Waals surface area contributed by atoms with Crippen molar-refractivity contribution in [3.8, 4) is 6.07 Å². The van der Waals surface area contributed by atoms with Crippen molar-refractivity contribution in [2.45, 2.75) is 6.92 Å². The van der Waals surface area contributed by atoms with Gasteiger partial charge in [0.1, 0.15) is 5.82 Å². The van der Waals surface area contributed by atoms with Gasteiger partial charge < -0.3 is 0 Å². The van der Waals surface area contributed by atoms with Crippen LogP contribution in [0.25, 0.3) is 5.03 Å². The summed E-state index contributed by atoms with van der Waals surface area (Å²) in [7, 11) is 0. The summed E-state index contributed by atoms with van der Waals surface area (Å²) < 4.78 is 13.1. The van der Waals surface area contributed by atoms with Crippen molar-refractivity contribution in [3.05, 3.63) is 41.2 Å². The molecule has 0 saturated carbocycles. The third-order valence-corrected chi connectivity index (χ3v) is 1.88. The van der Waals surface area contributed by atoms with Crippen molar-refractivity contribution in [1.29, 1.82) is 5.26 Å². The van der Waals surface area contributed by atoms with Gasteiger partial charge in [-0.25, -0.2) is 4.39 Å². The Labute approximate surface area is 81.1 Å². The van der Waals surface area contributed by atoms with Crippen LogP contribution >= 0.6 is 11.6 Å². The molecular weight excluding hydrogens is 189 g/mol. The van der Waals surface area contributed by atoms with E-state index in [1.54, 1.807) is 18.2 Å². The molecule has 0 radical (unpaired) electrons. The largest absolute Gasteiger partial charge is 0.206 e. The van der Waals surface area contributed by atoms with Gasteiger partial charge in [0, 0.05) is 11.6 Å². The first-order valence-electron chi connectivity index (χ1n) is 3.67. The van der Waals surface area contributed by atoms with E-state index in [-0.39, 0.29) is 10.6 Å². The molecule has 1 aromatic carbocycles. The second-order valence-electron chi connectivity index (χ2n) is 2.60. The lowest BCUT2D eigenvalue weighted by Crippen LogP contribution is -1.86. The second kappa shape index (κ2) is 4.06. The standard InChI is InChI=1S/C10H7ClFN/c1-7-2-3-10(12)8(6-7)9(11)4-5-13/h2-4,6H,1H3. The predicted octanol–water partition coefficient (Wildman–Crippen LogP) is 3.24. The summed E-state index contributed by atoms with van der Waals surface area (Å²) in [5.41, 5.74) is 1.17. The number of benzene rings is 1. The number of rotatable bonds is 1. The zero-order valence-electron chi connectivity index (χ0n) is 7.01. The topological polar surface area (TPSA) is 23.8 Å². The summed E-state index contributed by atoms with van der Waals surface area (Å²) in [5.74, 6) is -0.415. The van der Waals surface area contributed by atoms with Crippen molar-refractivity contribution in [1.82, 2.24) is 0 Å². The lowest BCUT2D eigenvalue weighted by Gasteiger charge is -2.01. The summed E-state index contributed by atoms with van der Waals surface area (Å²) in [5, 5.41) is 8.45. The molecule has 13 heavy (non-hydrogen) atoms. The molecule has 0 aliphatic carbocycles. The van der Waals surface area contributed by atoms with Gasteiger partial charge in [-0.2, -0.15) is 5.26 Å². The molecule has 0 saturated heterocycles. The SMILES string of the molecule is Cc1ccc(F)c(C(Cl)=CC#N)c1. The fourth-order valence-corrected chi connectivity index (χ4v) is 1.15. The summed E-state index contributed by atoms with van der Waals surface area (Å²) in [6.45, 7) is 1.83. The minimum absolute atomic E-state index is 0.128. The van der Waals surface area contributed by atoms with Gasteiger partial charge in [-0.3, -0.25) is 0 Å². The van der Waals surface area contributed by atoms with Gasteiger partial charge in [0.25, 0.3) is 0 Å². The Morgan fingerprint density at radius 1 is 1.62 bits per heavy atom. The van der Waals surface area contributed by atoms with Crippen LogP contribution in [0.4, 0.5) is 4.39 Å². The number of aryl methyl sites for hydroxylation is 1. The van der Waals surface area contributed by atoms with Crippen LogP contribution < -0.4 is 0 Å². The highest BCUT2D eigenvalue weighted by atomic mass is 35.5. The van der Waals surface area contributed by atoms with E-state index in [2.05, 4.69) is 0 Å². The molecule has 1 rings (SSSR count). The Balaban J connectivity index is 3.22. The Morgan fingerprint density at radius 3 is 2.92 bits per heavy atom. The van der Waals surface area contributed by atoms with Crippen molar-refractivity contribution in [3.63, 3.8) is 0 Å². The van der Waals surface area contributed by atoms with Crippen molar-refractivity contribution >= 4 is 16.6 Å². The molecule has 0 fully saturated rings. The van der Waals surface area contributed by atoms with Gasteiger partial charge in [-0.05, 0) is 19.1 Å². The molecule has 1 aromatic rings. The fraction of sp³-hybridized carbons (Fsp3) is 0.100. The zero-order chi connectivity index (χ0) is 9.84. The Bertz CT molecular complexity index is 390. The molecule has 0 bridgehead atoms. The van der Waals surface area contributed by atoms with Gasteiger partial charge >= 0.3 is 0 Å². The Morgan fingerprint density at radius 2 is 2.31 bits per heavy atom.